The molecule has 188 valence electrons. The van der Waals surface area contributed by atoms with Gasteiger partial charge in [0.05, 0.1) is 0 Å². The van der Waals surface area contributed by atoms with Gasteiger partial charge in [0, 0.05) is 59.1 Å². The Labute approximate surface area is 214 Å². The molecule has 2 aliphatic rings. The molecule has 4 aromatic rings. The molecular formula is C29H28FN5O2. The summed E-state index contributed by atoms with van der Waals surface area (Å²) in [7, 11) is 0. The lowest BCUT2D eigenvalue weighted by molar-refractivity contribution is 0.102. The summed E-state index contributed by atoms with van der Waals surface area (Å²) in [6.07, 6.45) is 7.25. The third-order valence-electron chi connectivity index (χ3n) is 6.75. The van der Waals surface area contributed by atoms with E-state index in [9.17, 15) is 9.18 Å². The highest BCUT2D eigenvalue weighted by atomic mass is 19.1. The van der Waals surface area contributed by atoms with Crippen LogP contribution >= 0.6 is 0 Å². The molecule has 1 aliphatic heterocycles. The first-order valence-electron chi connectivity index (χ1n) is 12.8. The lowest BCUT2D eigenvalue weighted by atomic mass is 10.1. The number of benzene rings is 3. The smallest absolute Gasteiger partial charge is 0.255 e. The number of hydrogen-bond acceptors (Lipinski definition) is 6. The molecular weight excluding hydrogens is 469 g/mol. The maximum Gasteiger partial charge on any atom is 0.255 e. The molecule has 0 radical (unpaired) electrons. The van der Waals surface area contributed by atoms with Gasteiger partial charge in [0.1, 0.15) is 11.6 Å². The highest BCUT2D eigenvalue weighted by Gasteiger charge is 2.22. The van der Waals surface area contributed by atoms with Crippen molar-refractivity contribution in [3.05, 3.63) is 78.2 Å². The van der Waals surface area contributed by atoms with Gasteiger partial charge in [-0.1, -0.05) is 24.3 Å². The van der Waals surface area contributed by atoms with E-state index in [1.165, 1.54) is 18.6 Å². The molecule has 7 nitrogen and oxygen atoms in total. The van der Waals surface area contributed by atoms with Crippen LogP contribution < -0.4 is 20.3 Å². The number of piperidine rings is 1. The van der Waals surface area contributed by atoms with Crippen molar-refractivity contribution in [2.45, 2.75) is 38.1 Å². The molecule has 1 aromatic heterocycles. The predicted molar refractivity (Wildman–Crippen MR) is 143 cm³/mol. The molecule has 3 aromatic carbocycles. The van der Waals surface area contributed by atoms with Gasteiger partial charge in [-0.05, 0) is 62.4 Å². The minimum Gasteiger partial charge on any atom is -0.438 e. The van der Waals surface area contributed by atoms with Crippen molar-refractivity contribution < 1.29 is 13.9 Å². The van der Waals surface area contributed by atoms with Crippen molar-refractivity contribution in [1.82, 2.24) is 9.97 Å². The second-order valence-electron chi connectivity index (χ2n) is 9.60. The number of aromatic nitrogens is 2. The summed E-state index contributed by atoms with van der Waals surface area (Å²) in [6, 6.07) is 18.0. The number of ether oxygens (including phenoxy) is 1. The van der Waals surface area contributed by atoms with Crippen molar-refractivity contribution in [2.24, 2.45) is 0 Å². The van der Waals surface area contributed by atoms with Crippen LogP contribution in [0.15, 0.2) is 66.9 Å². The lowest BCUT2D eigenvalue weighted by Crippen LogP contribution is -2.29. The number of anilines is 3. The van der Waals surface area contributed by atoms with Gasteiger partial charge in [-0.3, -0.25) is 4.79 Å². The average Bonchev–Trinajstić information content (AvgIpc) is 3.74. The van der Waals surface area contributed by atoms with E-state index in [-0.39, 0.29) is 5.91 Å². The van der Waals surface area contributed by atoms with Crippen molar-refractivity contribution >= 4 is 34.0 Å². The molecule has 1 amide bonds. The van der Waals surface area contributed by atoms with E-state index in [1.54, 1.807) is 30.5 Å². The minimum atomic E-state index is -0.415. The van der Waals surface area contributed by atoms with Crippen LogP contribution in [0.2, 0.25) is 0 Å². The molecule has 2 N–H and O–H groups in total. The van der Waals surface area contributed by atoms with Crippen molar-refractivity contribution in [3.8, 4) is 11.6 Å². The quantitative estimate of drug-likeness (QED) is 0.309. The molecule has 0 spiro atoms. The molecule has 1 saturated carbocycles. The summed E-state index contributed by atoms with van der Waals surface area (Å²) in [5.74, 6) is 0.825. The highest BCUT2D eigenvalue weighted by molar-refractivity contribution is 6.10. The molecule has 8 heteroatoms. The minimum absolute atomic E-state index is 0.293. The van der Waals surface area contributed by atoms with E-state index in [0.29, 0.717) is 34.9 Å². The Hall–Kier alpha value is -4.20. The van der Waals surface area contributed by atoms with Gasteiger partial charge in [-0.15, -0.1) is 0 Å². The zero-order valence-corrected chi connectivity index (χ0v) is 20.4. The fourth-order valence-corrected chi connectivity index (χ4v) is 4.70. The van der Waals surface area contributed by atoms with Gasteiger partial charge in [0.2, 0.25) is 11.8 Å². The average molecular weight is 498 g/mol. The highest BCUT2D eigenvalue weighted by Crippen LogP contribution is 2.35. The maximum absolute atomic E-state index is 14.5. The van der Waals surface area contributed by atoms with Gasteiger partial charge in [0.15, 0.2) is 0 Å². The van der Waals surface area contributed by atoms with Crippen molar-refractivity contribution in [1.29, 1.82) is 0 Å². The Bertz CT molecular complexity index is 1450. The number of fused-ring (bicyclic) bond motifs is 1. The topological polar surface area (TPSA) is 79.4 Å². The SMILES string of the molecule is O=C(Nc1ccc(Oc2ccnc(NC3CC3)n2)c2ccccc12)c1cc(F)cc(N2CCCCC2)c1. The summed E-state index contributed by atoms with van der Waals surface area (Å²) in [5, 5.41) is 7.88. The Kier molecular flexibility index (Phi) is 6.30. The van der Waals surface area contributed by atoms with E-state index in [2.05, 4.69) is 25.5 Å². The Morgan fingerprint density at radius 3 is 2.59 bits per heavy atom. The first-order chi connectivity index (χ1) is 18.1. The molecule has 6 rings (SSSR count). The van der Waals surface area contributed by atoms with Crippen LogP contribution in [0, 0.1) is 5.82 Å². The molecule has 0 bridgehead atoms. The van der Waals surface area contributed by atoms with Crippen LogP contribution in [0.1, 0.15) is 42.5 Å². The van der Waals surface area contributed by atoms with Gasteiger partial charge in [0.25, 0.3) is 5.91 Å². The number of halogens is 1. The first-order valence-corrected chi connectivity index (χ1v) is 12.8. The first kappa shape index (κ1) is 23.2. The number of nitrogens with one attached hydrogen (secondary N) is 2. The zero-order valence-electron chi connectivity index (χ0n) is 20.4. The van der Waals surface area contributed by atoms with E-state index in [1.807, 2.05) is 24.3 Å². The van der Waals surface area contributed by atoms with Crippen LogP contribution in [-0.4, -0.2) is 35.0 Å². The molecule has 0 atom stereocenters. The summed E-state index contributed by atoms with van der Waals surface area (Å²) < 4.78 is 20.6. The van der Waals surface area contributed by atoms with Gasteiger partial charge in [-0.25, -0.2) is 9.37 Å². The summed E-state index contributed by atoms with van der Waals surface area (Å²) in [4.78, 5) is 24.1. The number of rotatable bonds is 7. The third-order valence-corrected chi connectivity index (χ3v) is 6.75. The van der Waals surface area contributed by atoms with Crippen LogP contribution in [0.3, 0.4) is 0 Å². The molecule has 2 heterocycles. The van der Waals surface area contributed by atoms with Crippen molar-refractivity contribution in [2.75, 3.05) is 28.6 Å². The number of nitrogens with zero attached hydrogens (tertiary/aromatic N) is 3. The lowest BCUT2D eigenvalue weighted by Gasteiger charge is -2.29. The summed E-state index contributed by atoms with van der Waals surface area (Å²) >= 11 is 0. The second-order valence-corrected chi connectivity index (χ2v) is 9.60. The van der Waals surface area contributed by atoms with Crippen molar-refractivity contribution in [3.63, 3.8) is 0 Å². The second kappa shape index (κ2) is 10.0. The maximum atomic E-state index is 14.5. The van der Waals surface area contributed by atoms with Gasteiger partial charge < -0.3 is 20.3 Å². The molecule has 1 saturated heterocycles. The van der Waals surface area contributed by atoms with E-state index >= 15 is 0 Å². The number of carbonyl (C=O) groups is 1. The Balaban J connectivity index is 1.25. The van der Waals surface area contributed by atoms with E-state index < -0.39 is 5.82 Å². The van der Waals surface area contributed by atoms with Crippen LogP contribution in [0.5, 0.6) is 11.6 Å². The van der Waals surface area contributed by atoms with Crippen LogP contribution in [0.25, 0.3) is 10.8 Å². The number of hydrogen-bond donors (Lipinski definition) is 2. The van der Waals surface area contributed by atoms with Crippen LogP contribution in [0.4, 0.5) is 21.7 Å². The standard InChI is InChI=1S/C29H28FN5O2/c30-20-16-19(17-22(18-20)35-14-4-1-5-15-35)28(36)33-25-10-11-26(24-7-3-2-6-23(24)25)37-27-12-13-31-29(34-27)32-21-8-9-21/h2-3,6-7,10-13,16-18,21H,1,4-5,8-9,14-15H2,(H,33,36)(H,31,32,34). The van der Waals surface area contributed by atoms with E-state index in [0.717, 1.165) is 55.2 Å². The van der Waals surface area contributed by atoms with E-state index in [4.69, 9.17) is 4.74 Å². The van der Waals surface area contributed by atoms with Gasteiger partial charge >= 0.3 is 0 Å². The monoisotopic (exact) mass is 497 g/mol. The fourth-order valence-electron chi connectivity index (χ4n) is 4.70. The molecule has 2 fully saturated rings. The number of amides is 1. The molecule has 1 aliphatic carbocycles. The van der Waals surface area contributed by atoms with Crippen LogP contribution in [-0.2, 0) is 0 Å². The molecule has 0 unspecified atom stereocenters. The Morgan fingerprint density at radius 1 is 0.973 bits per heavy atom. The third kappa shape index (κ3) is 5.33. The largest absolute Gasteiger partial charge is 0.438 e. The molecule has 37 heavy (non-hydrogen) atoms. The predicted octanol–water partition coefficient (Wildman–Crippen LogP) is 6.38. The normalized spacial score (nSPS) is 15.4. The fraction of sp³-hybridized carbons (Fsp3) is 0.276. The number of carbonyl (C=O) groups excluding carboxylic acids is 1. The zero-order chi connectivity index (χ0) is 25.2. The summed E-state index contributed by atoms with van der Waals surface area (Å²) in [6.45, 7) is 1.75. The Morgan fingerprint density at radius 2 is 1.78 bits per heavy atom. The van der Waals surface area contributed by atoms with Gasteiger partial charge in [-0.2, -0.15) is 4.98 Å². The summed E-state index contributed by atoms with van der Waals surface area (Å²) in [5.41, 5.74) is 1.66.